The van der Waals surface area contributed by atoms with Crippen LogP contribution in [-0.2, 0) is 9.53 Å². The van der Waals surface area contributed by atoms with E-state index < -0.39 is 0 Å². The molecule has 2 saturated heterocycles. The van der Waals surface area contributed by atoms with Crippen LogP contribution < -0.4 is 5.32 Å². The van der Waals surface area contributed by atoms with Crippen molar-refractivity contribution < 1.29 is 9.53 Å². The molecule has 11 heavy (non-hydrogen) atoms. The summed E-state index contributed by atoms with van der Waals surface area (Å²) in [6, 6.07) is 1.19. The Kier molecular flexibility index (Phi) is 1.60. The fourth-order valence-corrected chi connectivity index (χ4v) is 2.12. The number of hydrogen-bond acceptors (Lipinski definition) is 3. The van der Waals surface area contributed by atoms with Crippen LogP contribution in [0.15, 0.2) is 0 Å². The molecule has 3 aliphatic rings. The van der Waals surface area contributed by atoms with Gasteiger partial charge in [0.2, 0.25) is 0 Å². The molecule has 3 nitrogen and oxygen atoms in total. The molecule has 0 radical (unpaired) electrons. The molecule has 2 heterocycles. The first-order chi connectivity index (χ1) is 5.29. The molecule has 1 unspecified atom stereocenters. The quantitative estimate of drug-likeness (QED) is 0.553. The number of nitrogens with one attached hydrogen (secondary N) is 1. The molecular formula is C8H13NO2. The average molecular weight is 155 g/mol. The van der Waals surface area contributed by atoms with Gasteiger partial charge in [-0.3, -0.25) is 4.79 Å². The molecule has 3 atom stereocenters. The van der Waals surface area contributed by atoms with Crippen LogP contribution >= 0.6 is 0 Å². The van der Waals surface area contributed by atoms with E-state index in [9.17, 15) is 4.79 Å². The Hall–Kier alpha value is -0.570. The molecule has 0 aromatic rings. The van der Waals surface area contributed by atoms with Gasteiger partial charge in [0.25, 0.3) is 0 Å². The van der Waals surface area contributed by atoms with E-state index in [-0.39, 0.29) is 11.9 Å². The maximum absolute atomic E-state index is 11.1. The minimum Gasteiger partial charge on any atom is -0.469 e. The molecule has 2 bridgehead atoms. The molecular weight excluding hydrogens is 142 g/mol. The molecule has 0 spiro atoms. The minimum absolute atomic E-state index is 0.0267. The summed E-state index contributed by atoms with van der Waals surface area (Å²) >= 11 is 0. The fraction of sp³-hybridized carbons (Fsp3) is 0.875. The van der Waals surface area contributed by atoms with Gasteiger partial charge < -0.3 is 10.1 Å². The second-order valence-corrected chi connectivity index (χ2v) is 3.49. The topological polar surface area (TPSA) is 38.3 Å². The van der Waals surface area contributed by atoms with Gasteiger partial charge in [0.1, 0.15) is 0 Å². The molecule has 1 saturated carbocycles. The summed E-state index contributed by atoms with van der Waals surface area (Å²) in [5.41, 5.74) is 0. The van der Waals surface area contributed by atoms with Crippen molar-refractivity contribution in [2.75, 3.05) is 7.11 Å². The first kappa shape index (κ1) is 7.10. The first-order valence-corrected chi connectivity index (χ1v) is 4.13. The standard InChI is InChI=1S/C8H13NO2/c1-11-8(10)5-2-6-4-7(3-5)9-6/h5-7,9H,2-4H2,1H3/t5?,6-,7+. The number of esters is 1. The van der Waals surface area contributed by atoms with E-state index in [0.717, 1.165) is 12.8 Å². The van der Waals surface area contributed by atoms with Crippen molar-refractivity contribution >= 4 is 5.97 Å². The number of hydrogen-bond donors (Lipinski definition) is 1. The number of carbonyl (C=O) groups excluding carboxylic acids is 1. The monoisotopic (exact) mass is 155 g/mol. The van der Waals surface area contributed by atoms with Crippen molar-refractivity contribution in [3.8, 4) is 0 Å². The van der Waals surface area contributed by atoms with Crippen LogP contribution in [0.3, 0.4) is 0 Å². The van der Waals surface area contributed by atoms with Gasteiger partial charge in [-0.1, -0.05) is 0 Å². The molecule has 3 fully saturated rings. The third-order valence-electron chi connectivity index (χ3n) is 2.71. The third-order valence-corrected chi connectivity index (χ3v) is 2.71. The zero-order valence-electron chi connectivity index (χ0n) is 6.67. The molecule has 0 amide bonds. The number of methoxy groups -OCH3 is 1. The van der Waals surface area contributed by atoms with Gasteiger partial charge in [0.15, 0.2) is 0 Å². The Labute approximate surface area is 66.1 Å². The Morgan fingerprint density at radius 1 is 1.36 bits per heavy atom. The lowest BCUT2D eigenvalue weighted by molar-refractivity contribution is -0.148. The van der Waals surface area contributed by atoms with Crippen molar-refractivity contribution in [2.24, 2.45) is 5.92 Å². The third kappa shape index (κ3) is 1.13. The van der Waals surface area contributed by atoms with Gasteiger partial charge in [-0.2, -0.15) is 0 Å². The molecule has 3 heteroatoms. The highest BCUT2D eigenvalue weighted by Gasteiger charge is 2.40. The highest BCUT2D eigenvalue weighted by molar-refractivity contribution is 5.72. The van der Waals surface area contributed by atoms with Crippen LogP contribution in [0.4, 0.5) is 0 Å². The van der Waals surface area contributed by atoms with Gasteiger partial charge >= 0.3 is 5.97 Å². The van der Waals surface area contributed by atoms with E-state index in [1.807, 2.05) is 0 Å². The van der Waals surface area contributed by atoms with Crippen LogP contribution in [0.5, 0.6) is 0 Å². The smallest absolute Gasteiger partial charge is 0.308 e. The Morgan fingerprint density at radius 3 is 2.36 bits per heavy atom. The summed E-state index contributed by atoms with van der Waals surface area (Å²) in [5, 5.41) is 3.38. The number of piperidine rings is 1. The molecule has 2 aliphatic heterocycles. The zero-order valence-corrected chi connectivity index (χ0v) is 6.67. The SMILES string of the molecule is COC(=O)C1C[C@@H]2C[C@H](C1)N2. The van der Waals surface area contributed by atoms with Gasteiger partial charge in [0, 0.05) is 12.1 Å². The van der Waals surface area contributed by atoms with Crippen molar-refractivity contribution in [3.63, 3.8) is 0 Å². The second kappa shape index (κ2) is 2.48. The van der Waals surface area contributed by atoms with Gasteiger partial charge in [0.05, 0.1) is 13.0 Å². The highest BCUT2D eigenvalue weighted by Crippen LogP contribution is 2.32. The van der Waals surface area contributed by atoms with Crippen LogP contribution in [0, 0.1) is 5.92 Å². The molecule has 1 N–H and O–H groups in total. The summed E-state index contributed by atoms with van der Waals surface area (Å²) < 4.78 is 4.69. The van der Waals surface area contributed by atoms with E-state index in [1.165, 1.54) is 13.5 Å². The zero-order chi connectivity index (χ0) is 7.84. The predicted molar refractivity (Wildman–Crippen MR) is 40.1 cm³/mol. The first-order valence-electron chi connectivity index (χ1n) is 4.13. The lowest BCUT2D eigenvalue weighted by Crippen LogP contribution is -2.58. The molecule has 1 aliphatic carbocycles. The number of rotatable bonds is 1. The molecule has 3 rings (SSSR count). The second-order valence-electron chi connectivity index (χ2n) is 3.49. The van der Waals surface area contributed by atoms with Crippen molar-refractivity contribution in [2.45, 2.75) is 31.3 Å². The van der Waals surface area contributed by atoms with E-state index in [2.05, 4.69) is 5.32 Å². The highest BCUT2D eigenvalue weighted by atomic mass is 16.5. The predicted octanol–water partition coefficient (Wildman–Crippen LogP) is 0.300. The Balaban J connectivity index is 1.92. The average Bonchev–Trinajstić information content (AvgIpc) is 2.02. The Morgan fingerprint density at radius 2 is 1.91 bits per heavy atom. The Bertz CT molecular complexity index is 165. The fourth-order valence-electron chi connectivity index (χ4n) is 2.12. The lowest BCUT2D eigenvalue weighted by Gasteiger charge is -2.45. The van der Waals surface area contributed by atoms with E-state index >= 15 is 0 Å². The summed E-state index contributed by atoms with van der Waals surface area (Å²) in [4.78, 5) is 11.1. The van der Waals surface area contributed by atoms with Crippen LogP contribution in [0.1, 0.15) is 19.3 Å². The van der Waals surface area contributed by atoms with Crippen LogP contribution in [0.25, 0.3) is 0 Å². The number of ether oxygens (including phenoxy) is 1. The van der Waals surface area contributed by atoms with Gasteiger partial charge in [-0.25, -0.2) is 0 Å². The number of fused-ring (bicyclic) bond motifs is 2. The summed E-state index contributed by atoms with van der Waals surface area (Å²) in [6.45, 7) is 0. The normalized spacial score (nSPS) is 41.0. The molecule has 62 valence electrons. The van der Waals surface area contributed by atoms with E-state index in [1.54, 1.807) is 0 Å². The molecule has 0 aromatic heterocycles. The maximum Gasteiger partial charge on any atom is 0.308 e. The largest absolute Gasteiger partial charge is 0.469 e. The van der Waals surface area contributed by atoms with Gasteiger partial charge in [-0.15, -0.1) is 0 Å². The van der Waals surface area contributed by atoms with E-state index in [4.69, 9.17) is 4.74 Å². The maximum atomic E-state index is 11.1. The van der Waals surface area contributed by atoms with Crippen molar-refractivity contribution in [1.29, 1.82) is 0 Å². The summed E-state index contributed by atoms with van der Waals surface area (Å²) in [5.74, 6) is 0.145. The van der Waals surface area contributed by atoms with Crippen LogP contribution in [-0.4, -0.2) is 25.2 Å². The summed E-state index contributed by atoms with van der Waals surface area (Å²) in [7, 11) is 1.47. The minimum atomic E-state index is -0.0267. The molecule has 0 aromatic carbocycles. The lowest BCUT2D eigenvalue weighted by atomic mass is 9.76. The van der Waals surface area contributed by atoms with E-state index in [0.29, 0.717) is 12.1 Å². The van der Waals surface area contributed by atoms with Crippen LogP contribution in [0.2, 0.25) is 0 Å². The van der Waals surface area contributed by atoms with Crippen molar-refractivity contribution in [3.05, 3.63) is 0 Å². The van der Waals surface area contributed by atoms with Crippen molar-refractivity contribution in [1.82, 2.24) is 5.32 Å². The van der Waals surface area contributed by atoms with Gasteiger partial charge in [-0.05, 0) is 19.3 Å². The number of carbonyl (C=O) groups is 1. The summed E-state index contributed by atoms with van der Waals surface area (Å²) in [6.07, 6.45) is 3.21.